The average molecular weight is 362 g/mol. The highest BCUT2D eigenvalue weighted by molar-refractivity contribution is 7.73. The smallest absolute Gasteiger partial charge is 0.0158 e. The van der Waals surface area contributed by atoms with E-state index in [1.54, 1.807) is 0 Å². The van der Waals surface area contributed by atoms with Gasteiger partial charge in [0.05, 0.1) is 0 Å². The zero-order valence-corrected chi connectivity index (χ0v) is 18.0. The Balaban J connectivity index is 2.01. The lowest BCUT2D eigenvalue weighted by Crippen LogP contribution is -2.30. The molecule has 2 heterocycles. The second-order valence-corrected chi connectivity index (χ2v) is 13.2. The van der Waals surface area contributed by atoms with Gasteiger partial charge in [-0.1, -0.05) is 67.8 Å². The van der Waals surface area contributed by atoms with E-state index in [1.807, 2.05) is 10.6 Å². The molecule has 0 aliphatic carbocycles. The van der Waals surface area contributed by atoms with Crippen molar-refractivity contribution in [3.8, 4) is 0 Å². The van der Waals surface area contributed by atoms with Crippen LogP contribution in [0.1, 0.15) is 79.1 Å². The van der Waals surface area contributed by atoms with Crippen LogP contribution in [0.25, 0.3) is 0 Å². The van der Waals surface area contributed by atoms with E-state index in [-0.39, 0.29) is 15.8 Å². The molecule has 2 aliphatic rings. The van der Waals surface area contributed by atoms with Crippen molar-refractivity contribution in [2.24, 2.45) is 0 Å². The third-order valence-corrected chi connectivity index (χ3v) is 14.3. The summed E-state index contributed by atoms with van der Waals surface area (Å²) in [6.45, 7) is 9.74. The first-order chi connectivity index (χ1) is 11.7. The van der Waals surface area contributed by atoms with Crippen molar-refractivity contribution in [2.45, 2.75) is 102 Å². The summed E-state index contributed by atoms with van der Waals surface area (Å²) in [5, 5.41) is 3.68. The molecule has 134 valence electrons. The van der Waals surface area contributed by atoms with Gasteiger partial charge < -0.3 is 0 Å². The monoisotopic (exact) mass is 362 g/mol. The van der Waals surface area contributed by atoms with Gasteiger partial charge in [0, 0.05) is 0 Å². The maximum Gasteiger partial charge on any atom is -0.0158 e. The molecule has 0 spiro atoms. The highest BCUT2D eigenvalue weighted by atomic mass is 31.1. The minimum atomic E-state index is 0.0639. The third-order valence-electron chi connectivity index (χ3n) is 6.56. The average Bonchev–Trinajstić information content (AvgIpc) is 3.24. The molecular weight excluding hydrogens is 326 g/mol. The summed E-state index contributed by atoms with van der Waals surface area (Å²) < 4.78 is 0. The highest BCUT2D eigenvalue weighted by Gasteiger charge is 2.40. The van der Waals surface area contributed by atoms with E-state index < -0.39 is 0 Å². The lowest BCUT2D eigenvalue weighted by molar-refractivity contribution is 0.696. The van der Waals surface area contributed by atoms with Crippen molar-refractivity contribution >= 4 is 26.5 Å². The normalized spacial score (nSPS) is 36.3. The molecule has 2 aliphatic heterocycles. The molecule has 2 saturated heterocycles. The van der Waals surface area contributed by atoms with E-state index in [0.717, 1.165) is 22.6 Å². The fraction of sp³-hybridized carbons (Fsp3) is 0.727. The third kappa shape index (κ3) is 3.48. The largest absolute Gasteiger partial charge is 0.0683 e. The van der Waals surface area contributed by atoms with Gasteiger partial charge in [-0.2, -0.15) is 0 Å². The molecule has 6 atom stereocenters. The van der Waals surface area contributed by atoms with Crippen LogP contribution in [-0.2, 0) is 0 Å². The molecule has 0 N–H and O–H groups in total. The Morgan fingerprint density at radius 2 is 0.917 bits per heavy atom. The molecule has 0 aromatic heterocycles. The molecule has 4 unspecified atom stereocenters. The minimum Gasteiger partial charge on any atom is -0.0683 e. The van der Waals surface area contributed by atoms with Gasteiger partial charge in [0.2, 0.25) is 0 Å². The molecule has 24 heavy (non-hydrogen) atoms. The topological polar surface area (TPSA) is 0 Å². The van der Waals surface area contributed by atoms with Crippen LogP contribution in [-0.4, -0.2) is 22.6 Å². The Morgan fingerprint density at radius 3 is 1.17 bits per heavy atom. The van der Waals surface area contributed by atoms with Crippen molar-refractivity contribution in [1.82, 2.24) is 0 Å². The van der Waals surface area contributed by atoms with Crippen LogP contribution in [0, 0.1) is 0 Å². The van der Waals surface area contributed by atoms with Gasteiger partial charge in [-0.05, 0) is 84.6 Å². The van der Waals surface area contributed by atoms with Gasteiger partial charge in [0.15, 0.2) is 0 Å². The molecule has 2 heteroatoms. The zero-order valence-electron chi connectivity index (χ0n) is 16.2. The molecule has 1 aromatic carbocycles. The first-order valence-corrected chi connectivity index (χ1v) is 13.4. The van der Waals surface area contributed by atoms with E-state index in [2.05, 4.69) is 52.0 Å². The molecule has 0 radical (unpaired) electrons. The Labute approximate surface area is 152 Å². The van der Waals surface area contributed by atoms with Gasteiger partial charge in [0.25, 0.3) is 0 Å². The van der Waals surface area contributed by atoms with Gasteiger partial charge in [-0.3, -0.25) is 0 Å². The molecule has 0 amide bonds. The second kappa shape index (κ2) is 8.64. The number of hydrogen-bond acceptors (Lipinski definition) is 0. The number of benzene rings is 1. The van der Waals surface area contributed by atoms with Crippen LogP contribution in [0.15, 0.2) is 24.3 Å². The van der Waals surface area contributed by atoms with Crippen LogP contribution < -0.4 is 10.6 Å². The quantitative estimate of drug-likeness (QED) is 0.500. The predicted molar refractivity (Wildman–Crippen MR) is 114 cm³/mol. The molecule has 0 saturated carbocycles. The molecule has 1 aromatic rings. The fourth-order valence-electron chi connectivity index (χ4n) is 5.21. The predicted octanol–water partition coefficient (Wildman–Crippen LogP) is 6.60. The van der Waals surface area contributed by atoms with Crippen molar-refractivity contribution in [3.05, 3.63) is 24.3 Å². The van der Waals surface area contributed by atoms with E-state index in [9.17, 15) is 0 Å². The number of rotatable bonds is 6. The Bertz CT molecular complexity index is 455. The van der Waals surface area contributed by atoms with Crippen molar-refractivity contribution in [1.29, 1.82) is 0 Å². The van der Waals surface area contributed by atoms with Gasteiger partial charge in [-0.25, -0.2) is 0 Å². The summed E-state index contributed by atoms with van der Waals surface area (Å²) in [6, 6.07) is 9.79. The summed E-state index contributed by atoms with van der Waals surface area (Å²) >= 11 is 0. The van der Waals surface area contributed by atoms with Gasteiger partial charge in [-0.15, -0.1) is 0 Å². The zero-order chi connectivity index (χ0) is 17.1. The SMILES string of the molecule is CCC1CC[C@@H](CC)P1c1ccccc1P1C(CC)CC[C@H]1CC. The van der Waals surface area contributed by atoms with Gasteiger partial charge in [0.1, 0.15) is 0 Å². The summed E-state index contributed by atoms with van der Waals surface area (Å²) in [7, 11) is 0.128. The summed E-state index contributed by atoms with van der Waals surface area (Å²) in [4.78, 5) is 0. The van der Waals surface area contributed by atoms with Gasteiger partial charge >= 0.3 is 0 Å². The Kier molecular flexibility index (Phi) is 6.79. The van der Waals surface area contributed by atoms with Crippen LogP contribution >= 0.6 is 15.8 Å². The second-order valence-electron chi connectivity index (χ2n) is 7.71. The highest BCUT2D eigenvalue weighted by Crippen LogP contribution is 2.61. The van der Waals surface area contributed by atoms with Crippen LogP contribution in [0.3, 0.4) is 0 Å². The molecule has 0 bridgehead atoms. The summed E-state index contributed by atoms with van der Waals surface area (Å²) in [6.07, 6.45) is 11.5. The Morgan fingerprint density at radius 1 is 0.625 bits per heavy atom. The van der Waals surface area contributed by atoms with E-state index in [0.29, 0.717) is 0 Å². The van der Waals surface area contributed by atoms with E-state index >= 15 is 0 Å². The maximum absolute atomic E-state index is 2.55. The van der Waals surface area contributed by atoms with Crippen molar-refractivity contribution in [2.75, 3.05) is 0 Å². The Hall–Kier alpha value is 0.0800. The maximum atomic E-state index is 2.55. The van der Waals surface area contributed by atoms with Crippen LogP contribution in [0.2, 0.25) is 0 Å². The first-order valence-electron chi connectivity index (χ1n) is 10.4. The summed E-state index contributed by atoms with van der Waals surface area (Å²) in [5.74, 6) is 0. The van der Waals surface area contributed by atoms with Crippen LogP contribution in [0.4, 0.5) is 0 Å². The lowest BCUT2D eigenvalue weighted by Gasteiger charge is -2.32. The molecule has 0 nitrogen and oxygen atoms in total. The summed E-state index contributed by atoms with van der Waals surface area (Å²) in [5.41, 5.74) is 3.96. The molecular formula is C22H36P2. The molecule has 2 fully saturated rings. The van der Waals surface area contributed by atoms with Crippen LogP contribution in [0.5, 0.6) is 0 Å². The minimum absolute atomic E-state index is 0.0639. The number of hydrogen-bond donors (Lipinski definition) is 0. The van der Waals surface area contributed by atoms with Crippen molar-refractivity contribution in [3.63, 3.8) is 0 Å². The van der Waals surface area contributed by atoms with Crippen molar-refractivity contribution < 1.29 is 0 Å². The van der Waals surface area contributed by atoms with E-state index in [4.69, 9.17) is 0 Å². The van der Waals surface area contributed by atoms with E-state index in [1.165, 1.54) is 51.4 Å². The fourth-order valence-corrected chi connectivity index (χ4v) is 13.1. The first kappa shape index (κ1) is 18.9. The molecule has 3 rings (SSSR count). The lowest BCUT2D eigenvalue weighted by atomic mass is 10.1. The standard InChI is InChI=1S/C22H36P2/c1-5-17-13-14-18(6-2)23(17)21-11-9-10-12-22(21)24-19(7-3)15-16-20(24)8-4/h9-12,17-20H,5-8,13-16H2,1-4H3/t17-,18?,19-,20?,23?,24?/m1/s1.